The third-order valence-electron chi connectivity index (χ3n) is 4.81. The molecule has 1 heterocycles. The first kappa shape index (κ1) is 17.9. The van der Waals surface area contributed by atoms with Crippen LogP contribution in [-0.4, -0.2) is 38.0 Å². The summed E-state index contributed by atoms with van der Waals surface area (Å²) in [6.07, 6.45) is -0.491. The Morgan fingerprint density at radius 3 is 2.48 bits per heavy atom. The van der Waals surface area contributed by atoms with Crippen molar-refractivity contribution in [1.82, 2.24) is 5.32 Å². The fraction of sp³-hybridized carbons (Fsp3) is 0.429. The zero-order valence-electron chi connectivity index (χ0n) is 15.1. The first-order chi connectivity index (χ1) is 12.1. The van der Waals surface area contributed by atoms with Crippen molar-refractivity contribution in [1.29, 1.82) is 0 Å². The van der Waals surface area contributed by atoms with Gasteiger partial charge in [0.1, 0.15) is 0 Å². The van der Waals surface area contributed by atoms with Gasteiger partial charge in [0.25, 0.3) is 0 Å². The molecule has 0 aliphatic carbocycles. The lowest BCUT2D eigenvalue weighted by molar-refractivity contribution is 0.122. The number of aliphatic hydroxyl groups is 1. The second kappa shape index (κ2) is 8.48. The van der Waals surface area contributed by atoms with E-state index < -0.39 is 6.10 Å². The van der Waals surface area contributed by atoms with E-state index in [0.717, 1.165) is 31.9 Å². The van der Waals surface area contributed by atoms with Gasteiger partial charge in [0.2, 0.25) is 0 Å². The number of morpholine rings is 1. The summed E-state index contributed by atoms with van der Waals surface area (Å²) in [6, 6.07) is 16.9. The van der Waals surface area contributed by atoms with Crippen LogP contribution in [0.3, 0.4) is 0 Å². The largest absolute Gasteiger partial charge is 0.387 e. The Balaban J connectivity index is 1.54. The van der Waals surface area contributed by atoms with Crippen LogP contribution < -0.4 is 10.2 Å². The average Bonchev–Trinajstić information content (AvgIpc) is 2.66. The van der Waals surface area contributed by atoms with E-state index in [0.29, 0.717) is 6.54 Å². The molecule has 1 saturated heterocycles. The first-order valence-corrected chi connectivity index (χ1v) is 9.04. The quantitative estimate of drug-likeness (QED) is 0.847. The van der Waals surface area contributed by atoms with Gasteiger partial charge < -0.3 is 20.1 Å². The van der Waals surface area contributed by atoms with Gasteiger partial charge in [-0.15, -0.1) is 0 Å². The van der Waals surface area contributed by atoms with Crippen molar-refractivity contribution in [3.8, 4) is 0 Å². The highest BCUT2D eigenvalue weighted by molar-refractivity contribution is 5.48. The molecule has 4 nitrogen and oxygen atoms in total. The van der Waals surface area contributed by atoms with Crippen LogP contribution in [0.4, 0.5) is 5.69 Å². The maximum absolute atomic E-state index is 10.4. The third kappa shape index (κ3) is 4.82. The molecule has 0 saturated carbocycles. The number of nitrogens with one attached hydrogen (secondary N) is 1. The molecule has 2 atom stereocenters. The topological polar surface area (TPSA) is 44.7 Å². The minimum Gasteiger partial charge on any atom is -0.387 e. The summed E-state index contributed by atoms with van der Waals surface area (Å²) < 4.78 is 5.41. The van der Waals surface area contributed by atoms with E-state index in [1.54, 1.807) is 0 Å². The molecule has 0 aromatic heterocycles. The summed E-state index contributed by atoms with van der Waals surface area (Å²) in [5.74, 6) is 0. The van der Waals surface area contributed by atoms with Crippen LogP contribution in [0, 0.1) is 6.92 Å². The second-order valence-corrected chi connectivity index (χ2v) is 6.75. The Bertz CT molecular complexity index is 666. The van der Waals surface area contributed by atoms with Crippen molar-refractivity contribution in [2.24, 2.45) is 0 Å². The van der Waals surface area contributed by atoms with E-state index in [2.05, 4.69) is 41.4 Å². The van der Waals surface area contributed by atoms with Crippen molar-refractivity contribution < 1.29 is 9.84 Å². The molecule has 3 rings (SSSR count). The molecule has 0 amide bonds. The third-order valence-corrected chi connectivity index (χ3v) is 4.81. The number of hydrogen-bond acceptors (Lipinski definition) is 4. The number of nitrogens with zero attached hydrogens (tertiary/aromatic N) is 1. The summed E-state index contributed by atoms with van der Waals surface area (Å²) in [5.41, 5.74) is 4.61. The molecule has 25 heavy (non-hydrogen) atoms. The number of ether oxygens (including phenoxy) is 1. The second-order valence-electron chi connectivity index (χ2n) is 6.75. The van der Waals surface area contributed by atoms with Gasteiger partial charge in [0.15, 0.2) is 0 Å². The van der Waals surface area contributed by atoms with Crippen LogP contribution in [0.2, 0.25) is 0 Å². The van der Waals surface area contributed by atoms with Gasteiger partial charge in [-0.3, -0.25) is 0 Å². The SMILES string of the molecule is Cc1cccc(C(O)CNC(C)c2ccc(N3CCOCC3)cc2)c1. The van der Waals surface area contributed by atoms with E-state index in [1.807, 2.05) is 31.2 Å². The summed E-state index contributed by atoms with van der Waals surface area (Å²) in [6.45, 7) is 8.23. The van der Waals surface area contributed by atoms with Crippen LogP contribution >= 0.6 is 0 Å². The standard InChI is InChI=1S/C21H28N2O2/c1-16-4-3-5-19(14-16)21(24)15-22-17(2)18-6-8-20(9-7-18)23-10-12-25-13-11-23/h3-9,14,17,21-22,24H,10-13,15H2,1-2H3. The first-order valence-electron chi connectivity index (χ1n) is 9.04. The number of hydrogen-bond donors (Lipinski definition) is 2. The highest BCUT2D eigenvalue weighted by Gasteiger charge is 2.13. The maximum Gasteiger partial charge on any atom is 0.0914 e. The lowest BCUT2D eigenvalue weighted by atomic mass is 10.0. The molecule has 1 fully saturated rings. The van der Waals surface area contributed by atoms with E-state index in [1.165, 1.54) is 16.8 Å². The summed E-state index contributed by atoms with van der Waals surface area (Å²) in [7, 11) is 0. The van der Waals surface area contributed by atoms with Gasteiger partial charge >= 0.3 is 0 Å². The molecular formula is C21H28N2O2. The molecule has 134 valence electrons. The Kier molecular flexibility index (Phi) is 6.08. The van der Waals surface area contributed by atoms with Crippen molar-refractivity contribution in [2.75, 3.05) is 37.7 Å². The van der Waals surface area contributed by atoms with Crippen LogP contribution in [0.25, 0.3) is 0 Å². The molecule has 2 aromatic rings. The Morgan fingerprint density at radius 2 is 1.80 bits per heavy atom. The lowest BCUT2D eigenvalue weighted by Gasteiger charge is -2.29. The van der Waals surface area contributed by atoms with Crippen molar-refractivity contribution >= 4 is 5.69 Å². The van der Waals surface area contributed by atoms with Gasteiger partial charge in [-0.05, 0) is 37.1 Å². The predicted molar refractivity (Wildman–Crippen MR) is 102 cm³/mol. The maximum atomic E-state index is 10.4. The normalized spacial score (nSPS) is 17.3. The highest BCUT2D eigenvalue weighted by Crippen LogP contribution is 2.21. The molecule has 1 aliphatic rings. The Hall–Kier alpha value is -1.88. The predicted octanol–water partition coefficient (Wildman–Crippen LogP) is 3.22. The van der Waals surface area contributed by atoms with Crippen LogP contribution in [-0.2, 0) is 4.74 Å². The molecule has 0 radical (unpaired) electrons. The molecule has 2 unspecified atom stereocenters. The monoisotopic (exact) mass is 340 g/mol. The highest BCUT2D eigenvalue weighted by atomic mass is 16.5. The number of rotatable bonds is 6. The summed E-state index contributed by atoms with van der Waals surface area (Å²) >= 11 is 0. The molecule has 0 spiro atoms. The number of aliphatic hydroxyl groups excluding tert-OH is 1. The Labute approximate surface area is 150 Å². The smallest absolute Gasteiger partial charge is 0.0914 e. The zero-order chi connectivity index (χ0) is 17.6. The molecule has 2 N–H and O–H groups in total. The van der Waals surface area contributed by atoms with Crippen LogP contribution in [0.1, 0.15) is 35.8 Å². The van der Waals surface area contributed by atoms with E-state index >= 15 is 0 Å². The van der Waals surface area contributed by atoms with Crippen LogP contribution in [0.15, 0.2) is 48.5 Å². The fourth-order valence-corrected chi connectivity index (χ4v) is 3.20. The molecule has 0 bridgehead atoms. The zero-order valence-corrected chi connectivity index (χ0v) is 15.1. The number of benzene rings is 2. The molecule has 4 heteroatoms. The van der Waals surface area contributed by atoms with Gasteiger partial charge in [-0.2, -0.15) is 0 Å². The lowest BCUT2D eigenvalue weighted by Crippen LogP contribution is -2.36. The van der Waals surface area contributed by atoms with Gasteiger partial charge in [-0.1, -0.05) is 42.0 Å². The Morgan fingerprint density at radius 1 is 1.08 bits per heavy atom. The number of aryl methyl sites for hydroxylation is 1. The minimum atomic E-state index is -0.491. The molecular weight excluding hydrogens is 312 g/mol. The van der Waals surface area contributed by atoms with Crippen molar-refractivity contribution in [3.63, 3.8) is 0 Å². The van der Waals surface area contributed by atoms with E-state index in [9.17, 15) is 5.11 Å². The van der Waals surface area contributed by atoms with E-state index in [-0.39, 0.29) is 6.04 Å². The van der Waals surface area contributed by atoms with Crippen LogP contribution in [0.5, 0.6) is 0 Å². The molecule has 2 aromatic carbocycles. The minimum absolute atomic E-state index is 0.193. The average molecular weight is 340 g/mol. The van der Waals surface area contributed by atoms with Crippen molar-refractivity contribution in [3.05, 3.63) is 65.2 Å². The van der Waals surface area contributed by atoms with Crippen molar-refractivity contribution in [2.45, 2.75) is 26.0 Å². The fourth-order valence-electron chi connectivity index (χ4n) is 3.20. The summed E-state index contributed by atoms with van der Waals surface area (Å²) in [5, 5.41) is 13.8. The molecule has 1 aliphatic heterocycles. The van der Waals surface area contributed by atoms with E-state index in [4.69, 9.17) is 4.74 Å². The van der Waals surface area contributed by atoms with Gasteiger partial charge in [0.05, 0.1) is 19.3 Å². The summed E-state index contributed by atoms with van der Waals surface area (Å²) in [4.78, 5) is 2.35. The van der Waals surface area contributed by atoms with Gasteiger partial charge in [0, 0.05) is 31.4 Å². The number of anilines is 1. The van der Waals surface area contributed by atoms with Gasteiger partial charge in [-0.25, -0.2) is 0 Å².